The molecule has 0 radical (unpaired) electrons. The van der Waals surface area contributed by atoms with E-state index < -0.39 is 28.1 Å². The number of rotatable bonds is 2. The van der Waals surface area contributed by atoms with E-state index in [-0.39, 0.29) is 0 Å². The second kappa shape index (κ2) is 4.54. The van der Waals surface area contributed by atoms with Gasteiger partial charge in [-0.05, 0) is 19.3 Å². The van der Waals surface area contributed by atoms with E-state index in [0.29, 0.717) is 13.0 Å². The van der Waals surface area contributed by atoms with Crippen LogP contribution in [-0.2, 0) is 4.74 Å². The van der Waals surface area contributed by atoms with E-state index >= 15 is 0 Å². The Balaban J connectivity index is 2.45. The van der Waals surface area contributed by atoms with Crippen LogP contribution in [-0.4, -0.2) is 21.2 Å². The predicted octanol–water partition coefficient (Wildman–Crippen LogP) is 1.16. The molecule has 1 aromatic heterocycles. The van der Waals surface area contributed by atoms with Crippen molar-refractivity contribution in [1.82, 2.24) is 4.57 Å². The van der Waals surface area contributed by atoms with E-state index in [1.807, 2.05) is 0 Å². The van der Waals surface area contributed by atoms with Crippen molar-refractivity contribution in [2.75, 3.05) is 6.61 Å². The van der Waals surface area contributed by atoms with Gasteiger partial charge < -0.3 is 9.84 Å². The summed E-state index contributed by atoms with van der Waals surface area (Å²) in [6.07, 6.45) is 3.32. The van der Waals surface area contributed by atoms with E-state index in [1.54, 1.807) is 0 Å². The highest BCUT2D eigenvalue weighted by atomic mass is 16.6. The van der Waals surface area contributed by atoms with Crippen LogP contribution in [0.25, 0.3) is 0 Å². The summed E-state index contributed by atoms with van der Waals surface area (Å²) in [4.78, 5) is 21.6. The van der Waals surface area contributed by atoms with Crippen molar-refractivity contribution < 1.29 is 14.8 Å². The first-order valence-corrected chi connectivity index (χ1v) is 5.31. The van der Waals surface area contributed by atoms with Gasteiger partial charge in [0.05, 0.1) is 4.92 Å². The Kier molecular flexibility index (Phi) is 3.10. The molecular weight excluding hydrogens is 228 g/mol. The van der Waals surface area contributed by atoms with Gasteiger partial charge in [-0.2, -0.15) is 0 Å². The van der Waals surface area contributed by atoms with Gasteiger partial charge in [-0.25, -0.2) is 0 Å². The zero-order chi connectivity index (χ0) is 12.4. The molecule has 1 aromatic rings. The minimum absolute atomic E-state index is 0.476. The number of pyridine rings is 1. The molecule has 0 amide bonds. The molecule has 0 saturated carbocycles. The molecule has 7 heteroatoms. The maximum atomic E-state index is 11.8. The quantitative estimate of drug-likeness (QED) is 0.618. The molecule has 92 valence electrons. The molecule has 0 bridgehead atoms. The molecule has 0 spiro atoms. The average molecular weight is 240 g/mol. The van der Waals surface area contributed by atoms with Crippen LogP contribution in [0.2, 0.25) is 0 Å². The first-order valence-electron chi connectivity index (χ1n) is 5.31. The number of nitrogens with zero attached hydrogens (tertiary/aromatic N) is 2. The normalized spacial score (nSPS) is 20.1. The number of aromatic nitrogens is 1. The van der Waals surface area contributed by atoms with Crippen LogP contribution in [0, 0.1) is 10.1 Å². The SMILES string of the molecule is O=c1c([N+](=O)[O-])c(O)ccn1[C@H]1CCCCO1. The first-order chi connectivity index (χ1) is 8.11. The number of ether oxygens (including phenoxy) is 1. The highest BCUT2D eigenvalue weighted by molar-refractivity contribution is 5.42. The topological polar surface area (TPSA) is 94.6 Å². The Morgan fingerprint density at radius 2 is 2.29 bits per heavy atom. The summed E-state index contributed by atoms with van der Waals surface area (Å²) >= 11 is 0. The fraction of sp³-hybridized carbons (Fsp3) is 0.500. The summed E-state index contributed by atoms with van der Waals surface area (Å²) in [5.74, 6) is -0.618. The van der Waals surface area contributed by atoms with E-state index in [2.05, 4.69) is 0 Å². The zero-order valence-electron chi connectivity index (χ0n) is 9.04. The standard InChI is InChI=1S/C10H12N2O5/c13-7-4-5-11(8-3-1-2-6-17-8)10(14)9(7)12(15)16/h4-5,8,13H,1-3,6H2/t8-/m1/s1. The zero-order valence-corrected chi connectivity index (χ0v) is 9.04. The van der Waals surface area contributed by atoms with Gasteiger partial charge in [0.1, 0.15) is 6.23 Å². The van der Waals surface area contributed by atoms with Crippen LogP contribution in [0.4, 0.5) is 5.69 Å². The van der Waals surface area contributed by atoms with Crippen LogP contribution in [0.1, 0.15) is 25.5 Å². The van der Waals surface area contributed by atoms with Gasteiger partial charge in [-0.15, -0.1) is 0 Å². The molecule has 1 aliphatic rings. The van der Waals surface area contributed by atoms with Crippen molar-refractivity contribution in [2.45, 2.75) is 25.5 Å². The van der Waals surface area contributed by atoms with Gasteiger partial charge in [0.2, 0.25) is 5.75 Å². The van der Waals surface area contributed by atoms with Crippen molar-refractivity contribution in [3.63, 3.8) is 0 Å². The summed E-state index contributed by atoms with van der Waals surface area (Å²) in [5, 5.41) is 20.0. The molecule has 7 nitrogen and oxygen atoms in total. The van der Waals surface area contributed by atoms with Gasteiger partial charge in [0.15, 0.2) is 0 Å². The molecule has 0 unspecified atom stereocenters. The van der Waals surface area contributed by atoms with Crippen molar-refractivity contribution in [1.29, 1.82) is 0 Å². The van der Waals surface area contributed by atoms with Crippen LogP contribution in [0.5, 0.6) is 5.75 Å². The lowest BCUT2D eigenvalue weighted by Gasteiger charge is -2.24. The number of hydrogen-bond donors (Lipinski definition) is 1. The Morgan fingerprint density at radius 3 is 2.88 bits per heavy atom. The lowest BCUT2D eigenvalue weighted by molar-refractivity contribution is -0.387. The maximum Gasteiger partial charge on any atom is 0.375 e. The van der Waals surface area contributed by atoms with E-state index in [1.165, 1.54) is 6.20 Å². The lowest BCUT2D eigenvalue weighted by Crippen LogP contribution is -2.29. The van der Waals surface area contributed by atoms with E-state index in [4.69, 9.17) is 4.74 Å². The first kappa shape index (κ1) is 11.6. The summed E-state index contributed by atoms with van der Waals surface area (Å²) in [6, 6.07) is 1.14. The number of hydrogen-bond acceptors (Lipinski definition) is 5. The predicted molar refractivity (Wildman–Crippen MR) is 57.9 cm³/mol. The van der Waals surface area contributed by atoms with Gasteiger partial charge in [-0.3, -0.25) is 19.5 Å². The molecule has 1 atom stereocenters. The summed E-state index contributed by atoms with van der Waals surface area (Å²) in [6.45, 7) is 0.534. The molecule has 1 fully saturated rings. The van der Waals surface area contributed by atoms with Crippen LogP contribution in [0.15, 0.2) is 17.1 Å². The Labute approximate surface area is 96.4 Å². The molecule has 1 saturated heterocycles. The van der Waals surface area contributed by atoms with E-state index in [9.17, 15) is 20.0 Å². The van der Waals surface area contributed by atoms with Crippen molar-refractivity contribution in [2.24, 2.45) is 0 Å². The highest BCUT2D eigenvalue weighted by Gasteiger charge is 2.25. The number of aromatic hydroxyl groups is 1. The second-order valence-electron chi connectivity index (χ2n) is 3.84. The second-order valence-corrected chi connectivity index (χ2v) is 3.84. The Bertz CT molecular complexity index is 490. The fourth-order valence-corrected chi connectivity index (χ4v) is 1.87. The van der Waals surface area contributed by atoms with Crippen molar-refractivity contribution in [3.8, 4) is 5.75 Å². The Morgan fingerprint density at radius 1 is 1.53 bits per heavy atom. The lowest BCUT2D eigenvalue weighted by atomic mass is 10.2. The van der Waals surface area contributed by atoms with Gasteiger partial charge in [0.25, 0.3) is 0 Å². The van der Waals surface area contributed by atoms with Crippen LogP contribution < -0.4 is 5.56 Å². The summed E-state index contributed by atoms with van der Waals surface area (Å²) in [7, 11) is 0. The van der Waals surface area contributed by atoms with Crippen molar-refractivity contribution >= 4 is 5.69 Å². The van der Waals surface area contributed by atoms with Gasteiger partial charge in [-0.1, -0.05) is 0 Å². The largest absolute Gasteiger partial charge is 0.502 e. The molecule has 1 N–H and O–H groups in total. The number of nitro groups is 1. The molecular formula is C10H12N2O5. The highest BCUT2D eigenvalue weighted by Crippen LogP contribution is 2.25. The third-order valence-corrected chi connectivity index (χ3v) is 2.72. The third-order valence-electron chi connectivity index (χ3n) is 2.72. The average Bonchev–Trinajstić information content (AvgIpc) is 2.30. The Hall–Kier alpha value is -1.89. The minimum atomic E-state index is -0.878. The van der Waals surface area contributed by atoms with Gasteiger partial charge >= 0.3 is 11.2 Å². The smallest absolute Gasteiger partial charge is 0.375 e. The third kappa shape index (κ3) is 2.14. The molecule has 2 rings (SSSR count). The summed E-state index contributed by atoms with van der Waals surface area (Å²) < 4.78 is 6.54. The molecule has 2 heterocycles. The van der Waals surface area contributed by atoms with Crippen molar-refractivity contribution in [3.05, 3.63) is 32.7 Å². The van der Waals surface area contributed by atoms with Gasteiger partial charge in [0, 0.05) is 18.9 Å². The summed E-state index contributed by atoms with van der Waals surface area (Å²) in [5.41, 5.74) is -1.64. The monoisotopic (exact) mass is 240 g/mol. The maximum absolute atomic E-state index is 11.8. The van der Waals surface area contributed by atoms with E-state index in [0.717, 1.165) is 23.5 Å². The minimum Gasteiger partial charge on any atom is -0.502 e. The molecule has 0 aromatic carbocycles. The molecule has 17 heavy (non-hydrogen) atoms. The fourth-order valence-electron chi connectivity index (χ4n) is 1.87. The van der Waals surface area contributed by atoms with Crippen LogP contribution in [0.3, 0.4) is 0 Å². The molecule has 1 aliphatic heterocycles. The van der Waals surface area contributed by atoms with Crippen LogP contribution >= 0.6 is 0 Å². The molecule has 0 aliphatic carbocycles.